The first-order valence-corrected chi connectivity index (χ1v) is 9.20. The summed E-state index contributed by atoms with van der Waals surface area (Å²) < 4.78 is 0. The first-order valence-electron chi connectivity index (χ1n) is 9.20. The van der Waals surface area contributed by atoms with Crippen LogP contribution in [0.3, 0.4) is 0 Å². The second kappa shape index (κ2) is 8.32. The van der Waals surface area contributed by atoms with Gasteiger partial charge in [0.05, 0.1) is 6.10 Å². The average molecular weight is 401 g/mol. The standard InChI is InChI=1S/C21H24N4O2.ClH/c22-10-15(26)9-14(23)12-25-11-13-5-1-2-6-16(13)19-17-7-3-4-8-18(17)24-20(19)21(25)27;/h1-8,14-15,24,26H,9-12,22-23H2;1H/t14-,15?;/m0./s1. The van der Waals surface area contributed by atoms with Gasteiger partial charge in [-0.2, -0.15) is 0 Å². The third kappa shape index (κ3) is 3.64. The third-order valence-electron chi connectivity index (χ3n) is 5.16. The van der Waals surface area contributed by atoms with Crippen LogP contribution in [-0.4, -0.2) is 46.1 Å². The summed E-state index contributed by atoms with van der Waals surface area (Å²) in [5, 5.41) is 10.8. The number of para-hydroxylation sites is 1. The smallest absolute Gasteiger partial charge is 0.271 e. The summed E-state index contributed by atoms with van der Waals surface area (Å²) in [6.07, 6.45) is -0.292. The molecule has 0 aliphatic carbocycles. The largest absolute Gasteiger partial charge is 0.392 e. The fourth-order valence-corrected chi connectivity index (χ4v) is 3.87. The number of halogens is 1. The van der Waals surface area contributed by atoms with Crippen LogP contribution in [0.4, 0.5) is 0 Å². The van der Waals surface area contributed by atoms with Crippen LogP contribution < -0.4 is 11.5 Å². The van der Waals surface area contributed by atoms with E-state index in [1.54, 1.807) is 4.90 Å². The molecule has 1 unspecified atom stereocenters. The molecule has 2 atom stereocenters. The summed E-state index contributed by atoms with van der Waals surface area (Å²) in [7, 11) is 0. The number of carbonyl (C=O) groups excluding carboxylic acids is 1. The number of H-pyrrole nitrogens is 1. The predicted octanol–water partition coefficient (Wildman–Crippen LogP) is 2.25. The highest BCUT2D eigenvalue weighted by Crippen LogP contribution is 2.38. The molecule has 6 N–H and O–H groups in total. The lowest BCUT2D eigenvalue weighted by atomic mass is 9.98. The van der Waals surface area contributed by atoms with Crippen LogP contribution in [0.5, 0.6) is 0 Å². The van der Waals surface area contributed by atoms with Crippen molar-refractivity contribution >= 4 is 29.2 Å². The van der Waals surface area contributed by atoms with Crippen molar-refractivity contribution in [3.05, 3.63) is 59.8 Å². The van der Waals surface area contributed by atoms with Gasteiger partial charge in [-0.25, -0.2) is 0 Å². The number of carbonyl (C=O) groups is 1. The van der Waals surface area contributed by atoms with Crippen LogP contribution in [-0.2, 0) is 6.54 Å². The minimum absolute atomic E-state index is 0. The summed E-state index contributed by atoms with van der Waals surface area (Å²) in [5.74, 6) is -0.0740. The van der Waals surface area contributed by atoms with Crippen molar-refractivity contribution in [2.45, 2.75) is 25.1 Å². The highest BCUT2D eigenvalue weighted by atomic mass is 35.5. The van der Waals surface area contributed by atoms with E-state index in [4.69, 9.17) is 11.5 Å². The van der Waals surface area contributed by atoms with E-state index in [2.05, 4.69) is 11.1 Å². The average Bonchev–Trinajstić information content (AvgIpc) is 3.01. The molecule has 0 saturated carbocycles. The SMILES string of the molecule is Cl.NCC(O)C[C@H](N)CN1Cc2ccccc2-c2c([nH]c3ccccc23)C1=O. The minimum atomic E-state index is -0.655. The number of amides is 1. The van der Waals surface area contributed by atoms with Crippen LogP contribution in [0.15, 0.2) is 48.5 Å². The summed E-state index contributed by atoms with van der Waals surface area (Å²) >= 11 is 0. The number of aromatic nitrogens is 1. The number of rotatable bonds is 5. The monoisotopic (exact) mass is 400 g/mol. The van der Waals surface area contributed by atoms with E-state index < -0.39 is 6.10 Å². The van der Waals surface area contributed by atoms with E-state index in [-0.39, 0.29) is 30.9 Å². The lowest BCUT2D eigenvalue weighted by Crippen LogP contribution is -2.43. The zero-order chi connectivity index (χ0) is 19.0. The van der Waals surface area contributed by atoms with Crippen molar-refractivity contribution in [2.75, 3.05) is 13.1 Å². The van der Waals surface area contributed by atoms with Crippen LogP contribution in [0.2, 0.25) is 0 Å². The molecular weight excluding hydrogens is 376 g/mol. The van der Waals surface area contributed by atoms with Gasteiger partial charge in [0.15, 0.2) is 0 Å². The number of nitrogens with zero attached hydrogens (tertiary/aromatic N) is 1. The van der Waals surface area contributed by atoms with E-state index in [0.717, 1.165) is 27.6 Å². The maximum atomic E-state index is 13.3. The molecule has 0 spiro atoms. The van der Waals surface area contributed by atoms with Gasteiger partial charge in [-0.1, -0.05) is 42.5 Å². The highest BCUT2D eigenvalue weighted by Gasteiger charge is 2.30. The first kappa shape index (κ1) is 20.4. The van der Waals surface area contributed by atoms with Gasteiger partial charge in [0, 0.05) is 42.1 Å². The lowest BCUT2D eigenvalue weighted by molar-refractivity contribution is 0.0713. The molecule has 0 fully saturated rings. The first-order chi connectivity index (χ1) is 13.1. The summed E-state index contributed by atoms with van der Waals surface area (Å²) in [6, 6.07) is 15.7. The van der Waals surface area contributed by atoms with Gasteiger partial charge in [0.2, 0.25) is 0 Å². The molecular formula is C21H25ClN4O2. The maximum Gasteiger partial charge on any atom is 0.271 e. The number of fused-ring (bicyclic) bond motifs is 5. The summed E-state index contributed by atoms with van der Waals surface area (Å²) in [5.41, 5.74) is 16.3. The number of hydrogen-bond donors (Lipinski definition) is 4. The Hall–Kier alpha value is -2.38. The fourth-order valence-electron chi connectivity index (χ4n) is 3.87. The van der Waals surface area contributed by atoms with Crippen molar-refractivity contribution in [1.29, 1.82) is 0 Å². The topological polar surface area (TPSA) is 108 Å². The van der Waals surface area contributed by atoms with E-state index in [9.17, 15) is 9.90 Å². The van der Waals surface area contributed by atoms with E-state index in [1.807, 2.05) is 42.5 Å². The lowest BCUT2D eigenvalue weighted by Gasteiger charge is -2.25. The number of benzene rings is 2. The molecule has 0 radical (unpaired) electrons. The van der Waals surface area contributed by atoms with Crippen molar-refractivity contribution in [2.24, 2.45) is 11.5 Å². The Morgan fingerprint density at radius 3 is 2.64 bits per heavy atom. The fraction of sp³-hybridized carbons (Fsp3) is 0.286. The minimum Gasteiger partial charge on any atom is -0.392 e. The molecule has 0 saturated heterocycles. The number of aromatic amines is 1. The molecule has 1 amide bonds. The molecule has 28 heavy (non-hydrogen) atoms. The highest BCUT2D eigenvalue weighted by molar-refractivity contribution is 6.11. The van der Waals surface area contributed by atoms with Gasteiger partial charge in [0.1, 0.15) is 5.69 Å². The molecule has 1 aromatic heterocycles. The van der Waals surface area contributed by atoms with Crippen LogP contribution in [0.25, 0.3) is 22.0 Å². The van der Waals surface area contributed by atoms with Crippen LogP contribution >= 0.6 is 12.4 Å². The summed E-state index contributed by atoms with van der Waals surface area (Å²) in [6.45, 7) is 1.01. The van der Waals surface area contributed by atoms with E-state index in [1.165, 1.54) is 0 Å². The zero-order valence-corrected chi connectivity index (χ0v) is 16.3. The van der Waals surface area contributed by atoms with Gasteiger partial charge in [-0.3, -0.25) is 4.79 Å². The van der Waals surface area contributed by atoms with E-state index >= 15 is 0 Å². The molecule has 3 aromatic rings. The van der Waals surface area contributed by atoms with Crippen LogP contribution in [0, 0.1) is 0 Å². The van der Waals surface area contributed by atoms with Crippen molar-refractivity contribution in [1.82, 2.24) is 9.88 Å². The molecule has 1 aliphatic rings. The molecule has 148 valence electrons. The van der Waals surface area contributed by atoms with Gasteiger partial charge in [-0.15, -0.1) is 12.4 Å². The van der Waals surface area contributed by atoms with Gasteiger partial charge < -0.3 is 26.5 Å². The normalized spacial score (nSPS) is 15.4. The number of nitrogens with two attached hydrogens (primary N) is 2. The molecule has 2 aromatic carbocycles. The van der Waals surface area contributed by atoms with Crippen LogP contribution in [0.1, 0.15) is 22.5 Å². The third-order valence-corrected chi connectivity index (χ3v) is 5.16. The predicted molar refractivity (Wildman–Crippen MR) is 113 cm³/mol. The number of hydrogen-bond acceptors (Lipinski definition) is 4. The second-order valence-corrected chi connectivity index (χ2v) is 7.15. The molecule has 1 aliphatic heterocycles. The van der Waals surface area contributed by atoms with Crippen molar-refractivity contribution in [3.63, 3.8) is 0 Å². The molecule has 0 bridgehead atoms. The van der Waals surface area contributed by atoms with Crippen molar-refractivity contribution in [3.8, 4) is 11.1 Å². The van der Waals surface area contributed by atoms with Gasteiger partial charge in [-0.05, 0) is 23.6 Å². The van der Waals surface area contributed by atoms with Gasteiger partial charge >= 0.3 is 0 Å². The molecule has 6 nitrogen and oxygen atoms in total. The number of nitrogens with one attached hydrogen (secondary N) is 1. The summed E-state index contributed by atoms with van der Waals surface area (Å²) in [4.78, 5) is 18.4. The quantitative estimate of drug-likeness (QED) is 0.526. The molecule has 4 rings (SSSR count). The Labute approximate surface area is 169 Å². The Bertz CT molecular complexity index is 987. The number of aliphatic hydroxyl groups is 1. The Balaban J connectivity index is 0.00000225. The second-order valence-electron chi connectivity index (χ2n) is 7.15. The Morgan fingerprint density at radius 1 is 1.14 bits per heavy atom. The van der Waals surface area contributed by atoms with E-state index in [0.29, 0.717) is 25.2 Å². The molecule has 7 heteroatoms. The Kier molecular flexibility index (Phi) is 6.05. The Morgan fingerprint density at radius 2 is 1.86 bits per heavy atom. The number of aliphatic hydroxyl groups excluding tert-OH is 1. The van der Waals surface area contributed by atoms with Crippen molar-refractivity contribution < 1.29 is 9.90 Å². The van der Waals surface area contributed by atoms with Gasteiger partial charge in [0.25, 0.3) is 5.91 Å². The zero-order valence-electron chi connectivity index (χ0n) is 15.5. The molecule has 2 heterocycles. The maximum absolute atomic E-state index is 13.3.